The van der Waals surface area contributed by atoms with Crippen LogP contribution < -0.4 is 0 Å². The zero-order valence-corrected chi connectivity index (χ0v) is 11.9. The third-order valence-electron chi connectivity index (χ3n) is 4.46. The van der Waals surface area contributed by atoms with Gasteiger partial charge in [-0.05, 0) is 26.7 Å². The van der Waals surface area contributed by atoms with Crippen LogP contribution in [-0.4, -0.2) is 53.7 Å². The van der Waals surface area contributed by atoms with Gasteiger partial charge in [-0.1, -0.05) is 0 Å². The molecule has 1 saturated carbocycles. The molecule has 1 aliphatic carbocycles. The lowest BCUT2D eigenvalue weighted by atomic mass is 10.1. The van der Waals surface area contributed by atoms with Crippen molar-refractivity contribution in [2.45, 2.75) is 62.9 Å². The van der Waals surface area contributed by atoms with Crippen LogP contribution in [0.2, 0.25) is 0 Å². The molecule has 3 heterocycles. The second-order valence-electron chi connectivity index (χ2n) is 6.30. The SMILES string of the molecule is CC1(C)OC2CCC(N3C=NC4C3=C(F)N=CC4F)C2O1. The summed E-state index contributed by atoms with van der Waals surface area (Å²) >= 11 is 0. The van der Waals surface area contributed by atoms with Gasteiger partial charge in [-0.2, -0.15) is 4.39 Å². The van der Waals surface area contributed by atoms with Gasteiger partial charge in [0.05, 0.1) is 18.5 Å². The van der Waals surface area contributed by atoms with Crippen LogP contribution in [0.5, 0.6) is 0 Å². The summed E-state index contributed by atoms with van der Waals surface area (Å²) in [7, 11) is 0. The van der Waals surface area contributed by atoms with Crippen LogP contribution in [0, 0.1) is 0 Å². The summed E-state index contributed by atoms with van der Waals surface area (Å²) < 4.78 is 39.6. The summed E-state index contributed by atoms with van der Waals surface area (Å²) in [6.07, 6.45) is 2.58. The van der Waals surface area contributed by atoms with E-state index in [-0.39, 0.29) is 23.9 Å². The second-order valence-corrected chi connectivity index (χ2v) is 6.30. The maximum Gasteiger partial charge on any atom is 0.234 e. The minimum atomic E-state index is -1.38. The summed E-state index contributed by atoms with van der Waals surface area (Å²) in [4.78, 5) is 9.31. The van der Waals surface area contributed by atoms with E-state index in [0.717, 1.165) is 19.1 Å². The summed E-state index contributed by atoms with van der Waals surface area (Å²) in [5.41, 5.74) is 0.212. The monoisotopic (exact) mass is 297 g/mol. The number of nitrogens with zero attached hydrogens (tertiary/aromatic N) is 3. The van der Waals surface area contributed by atoms with Crippen molar-refractivity contribution in [3.05, 3.63) is 11.6 Å². The van der Waals surface area contributed by atoms with Crippen molar-refractivity contribution in [3.63, 3.8) is 0 Å². The molecule has 4 aliphatic rings. The molecule has 0 aromatic rings. The van der Waals surface area contributed by atoms with Gasteiger partial charge in [-0.25, -0.2) is 9.38 Å². The van der Waals surface area contributed by atoms with E-state index in [2.05, 4.69) is 9.98 Å². The Balaban J connectivity index is 1.63. The molecule has 5 nitrogen and oxygen atoms in total. The van der Waals surface area contributed by atoms with Crippen molar-refractivity contribution in [2.75, 3.05) is 0 Å². The summed E-state index contributed by atoms with van der Waals surface area (Å²) in [5.74, 6) is -1.29. The van der Waals surface area contributed by atoms with Crippen molar-refractivity contribution < 1.29 is 18.3 Å². The molecule has 1 saturated heterocycles. The lowest BCUT2D eigenvalue weighted by Gasteiger charge is -2.31. The molecule has 3 aliphatic heterocycles. The van der Waals surface area contributed by atoms with E-state index in [1.54, 1.807) is 4.90 Å². The van der Waals surface area contributed by atoms with Crippen molar-refractivity contribution >= 4 is 12.6 Å². The van der Waals surface area contributed by atoms with Gasteiger partial charge in [0.25, 0.3) is 0 Å². The minimum absolute atomic E-state index is 0.00521. The maximum atomic E-state index is 14.0. The highest BCUT2D eigenvalue weighted by Gasteiger charge is 2.53. The van der Waals surface area contributed by atoms with E-state index in [1.807, 2.05) is 13.8 Å². The van der Waals surface area contributed by atoms with Crippen LogP contribution in [-0.2, 0) is 9.47 Å². The number of halogens is 2. The third-order valence-corrected chi connectivity index (χ3v) is 4.46. The molecule has 114 valence electrons. The van der Waals surface area contributed by atoms with Gasteiger partial charge in [0, 0.05) is 6.21 Å². The van der Waals surface area contributed by atoms with Gasteiger partial charge in [0.1, 0.15) is 17.8 Å². The first-order chi connectivity index (χ1) is 9.96. The van der Waals surface area contributed by atoms with Crippen LogP contribution in [0.15, 0.2) is 21.6 Å². The zero-order valence-electron chi connectivity index (χ0n) is 11.9. The van der Waals surface area contributed by atoms with Gasteiger partial charge < -0.3 is 14.4 Å². The van der Waals surface area contributed by atoms with E-state index in [0.29, 0.717) is 0 Å². The van der Waals surface area contributed by atoms with Gasteiger partial charge in [0.2, 0.25) is 5.95 Å². The fourth-order valence-electron chi connectivity index (χ4n) is 3.65. The van der Waals surface area contributed by atoms with Crippen molar-refractivity contribution in [1.82, 2.24) is 4.90 Å². The molecule has 5 unspecified atom stereocenters. The number of hydrogen-bond donors (Lipinski definition) is 0. The Bertz CT molecular complexity index is 560. The molecule has 21 heavy (non-hydrogen) atoms. The number of alkyl halides is 1. The van der Waals surface area contributed by atoms with E-state index < -0.39 is 24.0 Å². The highest BCUT2D eigenvalue weighted by atomic mass is 19.1. The van der Waals surface area contributed by atoms with Gasteiger partial charge >= 0.3 is 0 Å². The number of hydrogen-bond acceptors (Lipinski definition) is 5. The Kier molecular flexibility index (Phi) is 2.75. The fraction of sp³-hybridized carbons (Fsp3) is 0.714. The number of rotatable bonds is 1. The molecule has 0 aromatic carbocycles. The first kappa shape index (κ1) is 13.3. The Morgan fingerprint density at radius 3 is 2.95 bits per heavy atom. The molecule has 0 spiro atoms. The Morgan fingerprint density at radius 1 is 1.33 bits per heavy atom. The average molecular weight is 297 g/mol. The normalized spacial score (nSPS) is 43.6. The van der Waals surface area contributed by atoms with Crippen molar-refractivity contribution in [1.29, 1.82) is 0 Å². The third kappa shape index (κ3) is 1.94. The zero-order chi connectivity index (χ0) is 14.8. The number of aliphatic imine (C=N–C) groups is 2. The van der Waals surface area contributed by atoms with E-state index in [4.69, 9.17) is 9.47 Å². The van der Waals surface area contributed by atoms with Gasteiger partial charge in [-0.15, -0.1) is 0 Å². The lowest BCUT2D eigenvalue weighted by molar-refractivity contribution is -0.155. The topological polar surface area (TPSA) is 46.4 Å². The van der Waals surface area contributed by atoms with Crippen molar-refractivity contribution in [3.8, 4) is 0 Å². The standard InChI is InChI=1S/C14H17F2N3O2/c1-14(2)20-9-4-3-8(12(9)21-14)19-6-18-10-7(15)5-17-13(16)11(10)19/h5-10,12H,3-4H2,1-2H3. The highest BCUT2D eigenvalue weighted by Crippen LogP contribution is 2.43. The number of fused-ring (bicyclic) bond motifs is 2. The Hall–Kier alpha value is -1.34. The molecule has 0 aromatic heterocycles. The van der Waals surface area contributed by atoms with Crippen molar-refractivity contribution in [2.24, 2.45) is 9.98 Å². The first-order valence-corrected chi connectivity index (χ1v) is 7.21. The largest absolute Gasteiger partial charge is 0.344 e. The lowest BCUT2D eigenvalue weighted by Crippen LogP contribution is -2.43. The summed E-state index contributed by atoms with van der Waals surface area (Å²) in [6.45, 7) is 3.73. The van der Waals surface area contributed by atoms with Gasteiger partial charge in [0.15, 0.2) is 12.0 Å². The van der Waals surface area contributed by atoms with E-state index in [9.17, 15) is 8.78 Å². The molecule has 0 bridgehead atoms. The van der Waals surface area contributed by atoms with Crippen LogP contribution in [0.3, 0.4) is 0 Å². The van der Waals surface area contributed by atoms with Crippen LogP contribution in [0.1, 0.15) is 26.7 Å². The maximum absolute atomic E-state index is 14.0. The van der Waals surface area contributed by atoms with Crippen LogP contribution >= 0.6 is 0 Å². The molecule has 0 radical (unpaired) electrons. The van der Waals surface area contributed by atoms with E-state index >= 15 is 0 Å². The molecule has 0 amide bonds. The molecular formula is C14H17F2N3O2. The molecule has 0 N–H and O–H groups in total. The van der Waals surface area contributed by atoms with Crippen LogP contribution in [0.4, 0.5) is 8.78 Å². The second kappa shape index (κ2) is 4.33. The quantitative estimate of drug-likeness (QED) is 0.695. The van der Waals surface area contributed by atoms with Crippen LogP contribution in [0.25, 0.3) is 0 Å². The predicted octanol–water partition coefficient (Wildman–Crippen LogP) is 1.94. The summed E-state index contributed by atoms with van der Waals surface area (Å²) in [6, 6.07) is -0.913. The Labute approximate surface area is 121 Å². The molecular weight excluding hydrogens is 280 g/mol. The van der Waals surface area contributed by atoms with Gasteiger partial charge in [-0.3, -0.25) is 4.99 Å². The van der Waals surface area contributed by atoms with E-state index in [1.165, 1.54) is 6.34 Å². The fourth-order valence-corrected chi connectivity index (χ4v) is 3.65. The molecule has 7 heteroatoms. The smallest absolute Gasteiger partial charge is 0.234 e. The predicted molar refractivity (Wildman–Crippen MR) is 72.5 cm³/mol. The molecule has 5 atom stereocenters. The average Bonchev–Trinajstić information content (AvgIpc) is 3.05. The molecule has 4 rings (SSSR count). The Morgan fingerprint density at radius 2 is 2.14 bits per heavy atom. The highest BCUT2D eigenvalue weighted by molar-refractivity contribution is 5.74. The summed E-state index contributed by atoms with van der Waals surface area (Å²) in [5, 5.41) is 0. The first-order valence-electron chi connectivity index (χ1n) is 7.21. The minimum Gasteiger partial charge on any atom is -0.344 e. The molecule has 2 fully saturated rings. The number of ether oxygens (including phenoxy) is 2.